The summed E-state index contributed by atoms with van der Waals surface area (Å²) in [6.07, 6.45) is 4.83. The number of nitrogens with one attached hydrogen (secondary N) is 2. The van der Waals surface area contributed by atoms with E-state index in [-0.39, 0.29) is 23.7 Å². The van der Waals surface area contributed by atoms with Crippen molar-refractivity contribution >= 4 is 41.2 Å². The fourth-order valence-corrected chi connectivity index (χ4v) is 6.50. The Balaban J connectivity index is 2.47. The first kappa shape index (κ1) is 33.8. The Morgan fingerprint density at radius 2 is 1.70 bits per heavy atom. The Morgan fingerprint density at radius 3 is 2.22 bits per heavy atom. The van der Waals surface area contributed by atoms with Gasteiger partial charge in [-0.1, -0.05) is 27.7 Å². The van der Waals surface area contributed by atoms with Crippen LogP contribution in [0.3, 0.4) is 0 Å². The minimum Gasteiger partial charge on any atom is -0.499 e. The SMILES string of the molecule is CCC(C)C(=O)C/C=C(\C)OCCC(C)(C)C(=O)NC(CSC1CCC1SCC(O)NC(C)C)C(=O)O. The first-order valence-corrected chi connectivity index (χ1v) is 15.4. The van der Waals surface area contributed by atoms with Crippen molar-refractivity contribution < 1.29 is 29.3 Å². The molecular weight excluding hydrogens is 512 g/mol. The average Bonchev–Trinajstić information content (AvgIpc) is 2.79. The number of aliphatic carboxylic acids is 1. The van der Waals surface area contributed by atoms with Crippen LogP contribution in [0.15, 0.2) is 11.8 Å². The largest absolute Gasteiger partial charge is 0.499 e. The highest BCUT2D eigenvalue weighted by atomic mass is 32.2. The molecule has 214 valence electrons. The monoisotopic (exact) mass is 560 g/mol. The summed E-state index contributed by atoms with van der Waals surface area (Å²) in [7, 11) is 0. The Bertz CT molecular complexity index is 774. The van der Waals surface area contributed by atoms with Crippen molar-refractivity contribution in [3.8, 4) is 0 Å². The molecule has 1 amide bonds. The van der Waals surface area contributed by atoms with E-state index in [1.165, 1.54) is 0 Å². The molecule has 1 aliphatic rings. The lowest BCUT2D eigenvalue weighted by molar-refractivity contribution is -0.143. The van der Waals surface area contributed by atoms with Gasteiger partial charge in [-0.15, -0.1) is 0 Å². The van der Waals surface area contributed by atoms with E-state index in [9.17, 15) is 24.6 Å². The summed E-state index contributed by atoms with van der Waals surface area (Å²) >= 11 is 3.29. The van der Waals surface area contributed by atoms with Crippen molar-refractivity contribution in [2.75, 3.05) is 18.1 Å². The molecule has 0 aromatic carbocycles. The number of hydrogen-bond acceptors (Lipinski definition) is 8. The lowest BCUT2D eigenvalue weighted by Crippen LogP contribution is -2.49. The number of carboxylic acids is 1. The Kier molecular flexibility index (Phi) is 15.2. The van der Waals surface area contributed by atoms with Crippen LogP contribution in [0, 0.1) is 11.3 Å². The normalized spacial score (nSPS) is 20.6. The maximum Gasteiger partial charge on any atom is 0.327 e. The Hall–Kier alpha value is -1.23. The third-order valence-electron chi connectivity index (χ3n) is 6.65. The van der Waals surface area contributed by atoms with Gasteiger partial charge in [-0.3, -0.25) is 14.9 Å². The number of carbonyl (C=O) groups excluding carboxylic acids is 2. The van der Waals surface area contributed by atoms with Crippen molar-refractivity contribution in [1.82, 2.24) is 10.6 Å². The van der Waals surface area contributed by atoms with E-state index in [1.807, 2.05) is 27.7 Å². The highest BCUT2D eigenvalue weighted by Crippen LogP contribution is 2.40. The molecule has 5 unspecified atom stereocenters. The van der Waals surface area contributed by atoms with E-state index >= 15 is 0 Å². The molecule has 10 heteroatoms. The van der Waals surface area contributed by atoms with E-state index < -0.39 is 23.7 Å². The second kappa shape index (κ2) is 16.7. The van der Waals surface area contributed by atoms with E-state index in [2.05, 4.69) is 10.6 Å². The molecule has 0 aromatic rings. The molecule has 0 aromatic heterocycles. The summed E-state index contributed by atoms with van der Waals surface area (Å²) in [6, 6.07) is -0.756. The predicted molar refractivity (Wildman–Crippen MR) is 153 cm³/mol. The molecular formula is C27H48N2O6S2. The number of Topliss-reactive ketones (excluding diaryl/α,β-unsaturated/α-hetero) is 1. The number of ketones is 1. The number of aliphatic hydroxyl groups is 1. The van der Waals surface area contributed by atoms with Gasteiger partial charge >= 0.3 is 5.97 Å². The third kappa shape index (κ3) is 12.9. The van der Waals surface area contributed by atoms with Crippen molar-refractivity contribution in [1.29, 1.82) is 0 Å². The third-order valence-corrected chi connectivity index (χ3v) is 9.84. The van der Waals surface area contributed by atoms with E-state index in [0.717, 1.165) is 19.3 Å². The summed E-state index contributed by atoms with van der Waals surface area (Å²) in [5.74, 6) is 0.383. The number of allylic oxidation sites excluding steroid dienone is 2. The molecule has 0 heterocycles. The van der Waals surface area contributed by atoms with Gasteiger partial charge in [0.05, 0.1) is 12.4 Å². The number of aliphatic hydroxyl groups excluding tert-OH is 1. The van der Waals surface area contributed by atoms with Crippen LogP contribution in [-0.2, 0) is 19.1 Å². The predicted octanol–water partition coefficient (Wildman–Crippen LogP) is 4.21. The minimum atomic E-state index is -1.04. The topological polar surface area (TPSA) is 125 Å². The molecule has 4 N–H and O–H groups in total. The standard InChI is InChI=1S/C27H48N2O6S2/c1-8-18(4)21(30)10-9-19(5)35-14-13-27(6,7)26(34)29-20(25(32)33)15-36-22-11-12-23(22)37-16-24(31)28-17(2)3/h9,17-18,20,22-24,28,31H,8,10-16H2,1-7H3,(H,29,34)(H,32,33)/b19-9+. The fourth-order valence-electron chi connectivity index (χ4n) is 3.53. The van der Waals surface area contributed by atoms with Crippen molar-refractivity contribution in [3.63, 3.8) is 0 Å². The molecule has 0 bridgehead atoms. The molecule has 5 atom stereocenters. The molecule has 1 saturated carbocycles. The highest BCUT2D eigenvalue weighted by Gasteiger charge is 2.35. The zero-order valence-corrected chi connectivity index (χ0v) is 25.2. The molecule has 1 aliphatic carbocycles. The van der Waals surface area contributed by atoms with Crippen LogP contribution >= 0.6 is 23.5 Å². The molecule has 1 fully saturated rings. The van der Waals surface area contributed by atoms with Crippen LogP contribution in [-0.4, -0.2) is 74.8 Å². The van der Waals surface area contributed by atoms with Crippen LogP contribution in [0.2, 0.25) is 0 Å². The highest BCUT2D eigenvalue weighted by molar-refractivity contribution is 8.04. The zero-order valence-electron chi connectivity index (χ0n) is 23.5. The Labute approximate surface area is 231 Å². The first-order chi connectivity index (χ1) is 17.3. The zero-order chi connectivity index (χ0) is 28.2. The number of amides is 1. The maximum atomic E-state index is 12.9. The molecule has 37 heavy (non-hydrogen) atoms. The lowest BCUT2D eigenvalue weighted by Gasteiger charge is -2.37. The number of thioether (sulfide) groups is 2. The quantitative estimate of drug-likeness (QED) is 0.136. The van der Waals surface area contributed by atoms with Gasteiger partial charge < -0.3 is 20.3 Å². The maximum absolute atomic E-state index is 12.9. The minimum absolute atomic E-state index is 0.0286. The molecule has 0 spiro atoms. The van der Waals surface area contributed by atoms with Crippen molar-refractivity contribution in [2.24, 2.45) is 11.3 Å². The summed E-state index contributed by atoms with van der Waals surface area (Å²) in [5, 5.41) is 26.2. The summed E-state index contributed by atoms with van der Waals surface area (Å²) in [4.78, 5) is 36.7. The summed E-state index contributed by atoms with van der Waals surface area (Å²) in [5.41, 5.74) is -0.806. The van der Waals surface area contributed by atoms with Gasteiger partial charge in [0.25, 0.3) is 0 Å². The van der Waals surface area contributed by atoms with Gasteiger partial charge in [0.15, 0.2) is 0 Å². The van der Waals surface area contributed by atoms with Crippen LogP contribution in [0.25, 0.3) is 0 Å². The lowest BCUT2D eigenvalue weighted by atomic mass is 9.88. The summed E-state index contributed by atoms with van der Waals surface area (Å²) < 4.78 is 5.70. The van der Waals surface area contributed by atoms with Gasteiger partial charge in [-0.25, -0.2) is 4.79 Å². The second-order valence-corrected chi connectivity index (χ2v) is 13.3. The Morgan fingerprint density at radius 1 is 1.11 bits per heavy atom. The van der Waals surface area contributed by atoms with Crippen molar-refractivity contribution in [2.45, 2.75) is 109 Å². The van der Waals surface area contributed by atoms with Crippen LogP contribution < -0.4 is 10.6 Å². The van der Waals surface area contributed by atoms with E-state index in [4.69, 9.17) is 4.74 Å². The van der Waals surface area contributed by atoms with Gasteiger partial charge in [0.1, 0.15) is 18.1 Å². The number of carboxylic acid groups (broad SMARTS) is 1. The molecule has 0 aliphatic heterocycles. The second-order valence-electron chi connectivity index (χ2n) is 10.8. The molecule has 1 rings (SSSR count). The van der Waals surface area contributed by atoms with Crippen LogP contribution in [0.5, 0.6) is 0 Å². The summed E-state index contributed by atoms with van der Waals surface area (Å²) in [6.45, 7) is 13.5. The number of hydrogen-bond donors (Lipinski definition) is 4. The number of rotatable bonds is 19. The van der Waals surface area contributed by atoms with Gasteiger partial charge in [-0.05, 0) is 52.5 Å². The van der Waals surface area contributed by atoms with Crippen LogP contribution in [0.1, 0.15) is 80.6 Å². The molecule has 8 nitrogen and oxygen atoms in total. The fraction of sp³-hybridized carbons (Fsp3) is 0.815. The molecule has 0 saturated heterocycles. The molecule has 0 radical (unpaired) electrons. The number of ether oxygens (including phenoxy) is 1. The first-order valence-electron chi connectivity index (χ1n) is 13.3. The van der Waals surface area contributed by atoms with E-state index in [1.54, 1.807) is 50.4 Å². The average molecular weight is 561 g/mol. The van der Waals surface area contributed by atoms with Crippen LogP contribution in [0.4, 0.5) is 0 Å². The number of carbonyl (C=O) groups is 3. The van der Waals surface area contributed by atoms with Gasteiger partial charge in [0, 0.05) is 45.8 Å². The van der Waals surface area contributed by atoms with Gasteiger partial charge in [0.2, 0.25) is 5.91 Å². The van der Waals surface area contributed by atoms with Gasteiger partial charge in [-0.2, -0.15) is 23.5 Å². The van der Waals surface area contributed by atoms with Crippen molar-refractivity contribution in [3.05, 3.63) is 11.8 Å². The van der Waals surface area contributed by atoms with E-state index in [0.29, 0.717) is 47.2 Å². The smallest absolute Gasteiger partial charge is 0.327 e.